The normalized spacial score (nSPS) is 16.6. The maximum Gasteiger partial charge on any atom is 0.257 e. The van der Waals surface area contributed by atoms with E-state index in [1.165, 1.54) is 6.07 Å². The Morgan fingerprint density at radius 2 is 2.14 bits per heavy atom. The number of rotatable bonds is 4. The second-order valence-electron chi connectivity index (χ2n) is 5.06. The zero-order chi connectivity index (χ0) is 15.2. The highest BCUT2D eigenvalue weighted by molar-refractivity contribution is 9.09. The molecular weight excluding hydrogens is 336 g/mol. The summed E-state index contributed by atoms with van der Waals surface area (Å²) in [5.41, 5.74) is 0.309. The molecule has 1 aromatic carbocycles. The van der Waals surface area contributed by atoms with Crippen LogP contribution in [0.1, 0.15) is 16.8 Å². The van der Waals surface area contributed by atoms with Gasteiger partial charge in [-0.3, -0.25) is 4.79 Å². The summed E-state index contributed by atoms with van der Waals surface area (Å²) in [6, 6.07) is 4.74. The Labute approximate surface area is 133 Å². The van der Waals surface area contributed by atoms with Gasteiger partial charge in [0, 0.05) is 31.5 Å². The number of benzene rings is 1. The second kappa shape index (κ2) is 7.66. The first kappa shape index (κ1) is 16.1. The van der Waals surface area contributed by atoms with Gasteiger partial charge in [-0.2, -0.15) is 0 Å². The van der Waals surface area contributed by atoms with Crippen molar-refractivity contribution in [2.45, 2.75) is 6.42 Å². The monoisotopic (exact) mass is 356 g/mol. The standard InChI is InChI=1S/C15H21BrN2O3/c1-21-12-3-4-14(19)13(11-12)15(20)18-7-2-6-17(8-5-16)9-10-18/h3-4,11,19H,2,5-10H2,1H3. The lowest BCUT2D eigenvalue weighted by atomic mass is 10.1. The van der Waals surface area contributed by atoms with Gasteiger partial charge in [0.2, 0.25) is 0 Å². The number of carbonyl (C=O) groups excluding carboxylic acids is 1. The zero-order valence-electron chi connectivity index (χ0n) is 12.2. The number of hydrogen-bond donors (Lipinski definition) is 1. The van der Waals surface area contributed by atoms with E-state index in [1.54, 1.807) is 19.2 Å². The number of alkyl halides is 1. The molecule has 1 N–H and O–H groups in total. The number of phenolic OH excluding ortho intramolecular Hbond substituents is 1. The van der Waals surface area contributed by atoms with Gasteiger partial charge in [0.1, 0.15) is 11.5 Å². The van der Waals surface area contributed by atoms with Crippen LogP contribution in [0.15, 0.2) is 18.2 Å². The van der Waals surface area contributed by atoms with E-state index in [2.05, 4.69) is 20.8 Å². The number of carbonyl (C=O) groups is 1. The fourth-order valence-electron chi connectivity index (χ4n) is 2.50. The molecule has 0 atom stereocenters. The fraction of sp³-hybridized carbons (Fsp3) is 0.533. The molecule has 0 aromatic heterocycles. The van der Waals surface area contributed by atoms with Crippen LogP contribution in [0.3, 0.4) is 0 Å². The lowest BCUT2D eigenvalue weighted by Gasteiger charge is -2.22. The molecule has 5 nitrogen and oxygen atoms in total. The van der Waals surface area contributed by atoms with Crippen LogP contribution in [0.2, 0.25) is 0 Å². The van der Waals surface area contributed by atoms with Crippen LogP contribution in [-0.4, -0.2) is 66.0 Å². The molecule has 1 heterocycles. The number of phenols is 1. The summed E-state index contributed by atoms with van der Waals surface area (Å²) in [5, 5.41) is 10.9. The number of methoxy groups -OCH3 is 1. The summed E-state index contributed by atoms with van der Waals surface area (Å²) in [7, 11) is 1.55. The molecule has 1 saturated heterocycles. The smallest absolute Gasteiger partial charge is 0.257 e. The van der Waals surface area contributed by atoms with E-state index in [0.717, 1.165) is 31.4 Å². The van der Waals surface area contributed by atoms with Crippen LogP contribution >= 0.6 is 15.9 Å². The first-order valence-electron chi connectivity index (χ1n) is 7.10. The largest absolute Gasteiger partial charge is 0.507 e. The fourth-order valence-corrected chi connectivity index (χ4v) is 3.00. The average molecular weight is 357 g/mol. The summed E-state index contributed by atoms with van der Waals surface area (Å²) >= 11 is 3.45. The van der Waals surface area contributed by atoms with Crippen LogP contribution in [0, 0.1) is 0 Å². The number of ether oxygens (including phenoxy) is 1. The first-order valence-corrected chi connectivity index (χ1v) is 8.22. The van der Waals surface area contributed by atoms with Gasteiger partial charge < -0.3 is 19.6 Å². The molecule has 1 aliphatic heterocycles. The molecule has 6 heteroatoms. The van der Waals surface area contributed by atoms with Gasteiger partial charge in [-0.25, -0.2) is 0 Å². The lowest BCUT2D eigenvalue weighted by molar-refractivity contribution is 0.0758. The Balaban J connectivity index is 2.09. The van der Waals surface area contributed by atoms with Crippen LogP contribution in [0.4, 0.5) is 0 Å². The molecule has 1 aliphatic rings. The predicted molar refractivity (Wildman–Crippen MR) is 85.4 cm³/mol. The highest BCUT2D eigenvalue weighted by Crippen LogP contribution is 2.24. The van der Waals surface area contributed by atoms with Crippen molar-refractivity contribution in [2.24, 2.45) is 0 Å². The van der Waals surface area contributed by atoms with E-state index in [1.807, 2.05) is 4.90 Å². The van der Waals surface area contributed by atoms with Crippen molar-refractivity contribution >= 4 is 21.8 Å². The van der Waals surface area contributed by atoms with Crippen molar-refractivity contribution in [3.63, 3.8) is 0 Å². The summed E-state index contributed by atoms with van der Waals surface area (Å²) in [6.07, 6.45) is 0.948. The molecule has 0 saturated carbocycles. The highest BCUT2D eigenvalue weighted by Gasteiger charge is 2.22. The Bertz CT molecular complexity index is 496. The molecule has 1 aromatic rings. The molecular formula is C15H21BrN2O3. The van der Waals surface area contributed by atoms with Crippen molar-refractivity contribution in [2.75, 3.05) is 45.2 Å². The van der Waals surface area contributed by atoms with E-state index < -0.39 is 0 Å². The number of aromatic hydroxyl groups is 1. The quantitative estimate of drug-likeness (QED) is 0.837. The maximum absolute atomic E-state index is 12.6. The molecule has 21 heavy (non-hydrogen) atoms. The zero-order valence-corrected chi connectivity index (χ0v) is 13.8. The van der Waals surface area contributed by atoms with E-state index in [0.29, 0.717) is 24.4 Å². The van der Waals surface area contributed by atoms with Gasteiger partial charge in [0.25, 0.3) is 5.91 Å². The number of amides is 1. The summed E-state index contributed by atoms with van der Waals surface area (Å²) in [5.74, 6) is 0.446. The Hall–Kier alpha value is -1.27. The minimum atomic E-state index is -0.132. The topological polar surface area (TPSA) is 53.0 Å². The molecule has 0 radical (unpaired) electrons. The molecule has 0 unspecified atom stereocenters. The van der Waals surface area contributed by atoms with E-state index in [-0.39, 0.29) is 11.7 Å². The third kappa shape index (κ3) is 4.11. The van der Waals surface area contributed by atoms with Gasteiger partial charge in [-0.15, -0.1) is 0 Å². The second-order valence-corrected chi connectivity index (χ2v) is 5.85. The molecule has 0 aliphatic carbocycles. The van der Waals surface area contributed by atoms with Crippen LogP contribution in [0.5, 0.6) is 11.5 Å². The van der Waals surface area contributed by atoms with Crippen molar-refractivity contribution in [3.8, 4) is 11.5 Å². The summed E-state index contributed by atoms with van der Waals surface area (Å²) in [4.78, 5) is 16.7. The predicted octanol–water partition coefficient (Wildman–Crippen LogP) is 1.94. The number of nitrogens with zero attached hydrogens (tertiary/aromatic N) is 2. The molecule has 0 spiro atoms. The van der Waals surface area contributed by atoms with Crippen molar-refractivity contribution in [1.82, 2.24) is 9.80 Å². The van der Waals surface area contributed by atoms with Gasteiger partial charge in [-0.1, -0.05) is 15.9 Å². The number of hydrogen-bond acceptors (Lipinski definition) is 4. The Kier molecular flexibility index (Phi) is 5.87. The third-order valence-corrected chi connectivity index (χ3v) is 4.07. The minimum absolute atomic E-state index is 0.00219. The van der Waals surface area contributed by atoms with E-state index >= 15 is 0 Å². The summed E-state index contributed by atoms with van der Waals surface area (Å²) < 4.78 is 5.13. The van der Waals surface area contributed by atoms with Gasteiger partial charge in [0.15, 0.2) is 0 Å². The Morgan fingerprint density at radius 1 is 1.33 bits per heavy atom. The van der Waals surface area contributed by atoms with Gasteiger partial charge in [0.05, 0.1) is 12.7 Å². The van der Waals surface area contributed by atoms with Crippen molar-refractivity contribution in [3.05, 3.63) is 23.8 Å². The molecule has 0 bridgehead atoms. The lowest BCUT2D eigenvalue weighted by Crippen LogP contribution is -2.35. The SMILES string of the molecule is COc1ccc(O)c(C(=O)N2CCCN(CCBr)CC2)c1. The summed E-state index contributed by atoms with van der Waals surface area (Å²) in [6.45, 7) is 4.25. The van der Waals surface area contributed by atoms with E-state index in [9.17, 15) is 9.90 Å². The average Bonchev–Trinajstić information content (AvgIpc) is 2.73. The van der Waals surface area contributed by atoms with Crippen LogP contribution in [-0.2, 0) is 0 Å². The van der Waals surface area contributed by atoms with Crippen LogP contribution in [0.25, 0.3) is 0 Å². The maximum atomic E-state index is 12.6. The molecule has 2 rings (SSSR count). The van der Waals surface area contributed by atoms with Crippen molar-refractivity contribution in [1.29, 1.82) is 0 Å². The molecule has 116 valence electrons. The van der Waals surface area contributed by atoms with Gasteiger partial charge in [-0.05, 0) is 31.2 Å². The van der Waals surface area contributed by atoms with Crippen molar-refractivity contribution < 1.29 is 14.6 Å². The van der Waals surface area contributed by atoms with Gasteiger partial charge >= 0.3 is 0 Å². The Morgan fingerprint density at radius 3 is 2.86 bits per heavy atom. The minimum Gasteiger partial charge on any atom is -0.507 e. The van der Waals surface area contributed by atoms with Crippen LogP contribution < -0.4 is 4.74 Å². The van der Waals surface area contributed by atoms with E-state index in [4.69, 9.17) is 4.74 Å². The molecule has 1 fully saturated rings. The number of halogens is 1. The molecule has 1 amide bonds. The third-order valence-electron chi connectivity index (χ3n) is 3.71. The highest BCUT2D eigenvalue weighted by atomic mass is 79.9. The first-order chi connectivity index (χ1) is 10.2.